The van der Waals surface area contributed by atoms with Gasteiger partial charge in [-0.3, -0.25) is 4.79 Å². The van der Waals surface area contributed by atoms with Crippen molar-refractivity contribution >= 4 is 15.9 Å². The lowest BCUT2D eigenvalue weighted by atomic mass is 10.2. The van der Waals surface area contributed by atoms with E-state index in [-0.39, 0.29) is 37.0 Å². The van der Waals surface area contributed by atoms with Crippen molar-refractivity contribution < 1.29 is 30.8 Å². The number of nitrogens with zero attached hydrogens (tertiary/aromatic N) is 2. The Hall–Kier alpha value is -2.33. The van der Waals surface area contributed by atoms with Gasteiger partial charge in [0.1, 0.15) is 5.76 Å². The van der Waals surface area contributed by atoms with Gasteiger partial charge in [-0.15, -0.1) is 0 Å². The molecule has 27 heavy (non-hydrogen) atoms. The average Bonchev–Trinajstić information content (AvgIpc) is 3.06. The molecule has 2 aromatic rings. The van der Waals surface area contributed by atoms with Crippen LogP contribution in [0, 0.1) is 6.92 Å². The highest BCUT2D eigenvalue weighted by Crippen LogP contribution is 2.30. The Labute approximate surface area is 154 Å². The molecule has 0 saturated carbocycles. The highest BCUT2D eigenvalue weighted by atomic mass is 32.2. The number of furan rings is 1. The van der Waals surface area contributed by atoms with Crippen LogP contribution in [0.2, 0.25) is 0 Å². The number of sulfonamides is 1. The molecule has 0 aliphatic carbocycles. The quantitative estimate of drug-likeness (QED) is 0.792. The number of rotatable bonds is 3. The van der Waals surface area contributed by atoms with E-state index in [0.29, 0.717) is 11.3 Å². The molecule has 1 aromatic carbocycles. The zero-order chi connectivity index (χ0) is 19.8. The fourth-order valence-electron chi connectivity index (χ4n) is 2.87. The van der Waals surface area contributed by atoms with Gasteiger partial charge in [0.15, 0.2) is 0 Å². The number of halogens is 3. The van der Waals surface area contributed by atoms with Crippen molar-refractivity contribution in [2.45, 2.75) is 18.0 Å². The third-order valence-electron chi connectivity index (χ3n) is 4.43. The molecule has 0 bridgehead atoms. The van der Waals surface area contributed by atoms with Gasteiger partial charge >= 0.3 is 6.18 Å². The first-order chi connectivity index (χ1) is 12.6. The van der Waals surface area contributed by atoms with Crippen molar-refractivity contribution in [2.24, 2.45) is 0 Å². The van der Waals surface area contributed by atoms with Crippen LogP contribution >= 0.6 is 0 Å². The van der Waals surface area contributed by atoms with E-state index in [1.807, 2.05) is 0 Å². The number of piperazine rings is 1. The van der Waals surface area contributed by atoms with Crippen molar-refractivity contribution in [3.05, 3.63) is 53.5 Å². The Morgan fingerprint density at radius 2 is 1.63 bits per heavy atom. The molecule has 6 nitrogen and oxygen atoms in total. The summed E-state index contributed by atoms with van der Waals surface area (Å²) < 4.78 is 69.4. The van der Waals surface area contributed by atoms with Crippen LogP contribution in [0.5, 0.6) is 0 Å². The van der Waals surface area contributed by atoms with E-state index in [2.05, 4.69) is 0 Å². The third-order valence-corrected chi connectivity index (χ3v) is 6.35. The van der Waals surface area contributed by atoms with Crippen LogP contribution in [0.1, 0.15) is 21.7 Å². The Morgan fingerprint density at radius 1 is 1.04 bits per heavy atom. The lowest BCUT2D eigenvalue weighted by Crippen LogP contribution is -2.50. The van der Waals surface area contributed by atoms with Crippen LogP contribution < -0.4 is 0 Å². The molecule has 1 aliphatic heterocycles. The summed E-state index contributed by atoms with van der Waals surface area (Å²) in [4.78, 5) is 13.7. The van der Waals surface area contributed by atoms with Gasteiger partial charge in [-0.2, -0.15) is 17.5 Å². The Morgan fingerprint density at radius 3 is 2.11 bits per heavy atom. The molecule has 3 rings (SSSR count). The van der Waals surface area contributed by atoms with Gasteiger partial charge in [-0.05, 0) is 37.3 Å². The molecule has 0 unspecified atom stereocenters. The normalized spacial score (nSPS) is 16.5. The minimum absolute atomic E-state index is 0.0615. The summed E-state index contributed by atoms with van der Waals surface area (Å²) in [6.45, 7) is 2.16. The average molecular weight is 402 g/mol. The van der Waals surface area contributed by atoms with Gasteiger partial charge < -0.3 is 9.32 Å². The predicted octanol–water partition coefficient (Wildman–Crippen LogP) is 2.75. The third kappa shape index (κ3) is 3.86. The van der Waals surface area contributed by atoms with Crippen LogP contribution in [0.3, 0.4) is 0 Å². The van der Waals surface area contributed by atoms with E-state index in [0.717, 1.165) is 24.3 Å². The predicted molar refractivity (Wildman–Crippen MR) is 89.6 cm³/mol. The maximum Gasteiger partial charge on any atom is 0.416 e. The van der Waals surface area contributed by atoms with E-state index in [1.165, 1.54) is 15.5 Å². The van der Waals surface area contributed by atoms with Crippen LogP contribution in [-0.4, -0.2) is 49.7 Å². The van der Waals surface area contributed by atoms with Gasteiger partial charge in [0.05, 0.1) is 22.3 Å². The molecule has 0 spiro atoms. The number of amides is 1. The molecular formula is C17H17F3N2O4S. The van der Waals surface area contributed by atoms with E-state index in [9.17, 15) is 26.4 Å². The lowest BCUT2D eigenvalue weighted by molar-refractivity contribution is -0.137. The van der Waals surface area contributed by atoms with Gasteiger partial charge in [-0.25, -0.2) is 8.42 Å². The standard InChI is InChI=1S/C17H17F3N2O4S/c1-12-15(6-11-26-12)16(23)21-7-9-22(10-8-21)27(24,25)14-4-2-13(3-5-14)17(18,19)20/h2-6,11H,7-10H2,1H3. The highest BCUT2D eigenvalue weighted by molar-refractivity contribution is 7.89. The molecule has 1 aliphatic rings. The fraction of sp³-hybridized carbons (Fsp3) is 0.353. The maximum atomic E-state index is 12.6. The van der Waals surface area contributed by atoms with Crippen molar-refractivity contribution in [3.63, 3.8) is 0 Å². The number of hydrogen-bond acceptors (Lipinski definition) is 4. The molecular weight excluding hydrogens is 385 g/mol. The molecule has 10 heteroatoms. The number of carbonyl (C=O) groups excluding carboxylic acids is 1. The van der Waals surface area contributed by atoms with E-state index in [4.69, 9.17) is 4.42 Å². The van der Waals surface area contributed by atoms with Gasteiger partial charge in [-0.1, -0.05) is 0 Å². The minimum Gasteiger partial charge on any atom is -0.469 e. The zero-order valence-corrected chi connectivity index (χ0v) is 15.2. The topological polar surface area (TPSA) is 70.8 Å². The molecule has 146 valence electrons. The summed E-state index contributed by atoms with van der Waals surface area (Å²) in [6, 6.07) is 4.95. The summed E-state index contributed by atoms with van der Waals surface area (Å²) in [7, 11) is -3.93. The first-order valence-corrected chi connectivity index (χ1v) is 9.55. The first kappa shape index (κ1) is 19.4. The van der Waals surface area contributed by atoms with E-state index < -0.39 is 21.8 Å². The van der Waals surface area contributed by atoms with Crippen molar-refractivity contribution in [1.82, 2.24) is 9.21 Å². The van der Waals surface area contributed by atoms with Crippen molar-refractivity contribution in [1.29, 1.82) is 0 Å². The molecule has 1 saturated heterocycles. The smallest absolute Gasteiger partial charge is 0.416 e. The van der Waals surface area contributed by atoms with Crippen LogP contribution in [0.25, 0.3) is 0 Å². The minimum atomic E-state index is -4.53. The van der Waals surface area contributed by atoms with Gasteiger partial charge in [0.25, 0.3) is 5.91 Å². The summed E-state index contributed by atoms with van der Waals surface area (Å²) >= 11 is 0. The molecule has 1 aromatic heterocycles. The highest BCUT2D eigenvalue weighted by Gasteiger charge is 2.33. The second-order valence-corrected chi connectivity index (χ2v) is 8.05. The number of carbonyl (C=O) groups is 1. The number of aryl methyl sites for hydroxylation is 1. The second-order valence-electron chi connectivity index (χ2n) is 6.11. The molecule has 0 radical (unpaired) electrons. The van der Waals surface area contributed by atoms with Crippen LogP contribution in [0.15, 0.2) is 45.9 Å². The number of alkyl halides is 3. The molecule has 1 amide bonds. The number of benzene rings is 1. The lowest BCUT2D eigenvalue weighted by Gasteiger charge is -2.34. The number of hydrogen-bond donors (Lipinski definition) is 0. The molecule has 2 heterocycles. The molecule has 0 atom stereocenters. The Balaban J connectivity index is 1.69. The van der Waals surface area contributed by atoms with Gasteiger partial charge in [0.2, 0.25) is 10.0 Å². The zero-order valence-electron chi connectivity index (χ0n) is 14.4. The monoisotopic (exact) mass is 402 g/mol. The Kier molecular flexibility index (Phi) is 5.04. The molecule has 0 N–H and O–H groups in total. The van der Waals surface area contributed by atoms with E-state index >= 15 is 0 Å². The fourth-order valence-corrected chi connectivity index (χ4v) is 4.30. The van der Waals surface area contributed by atoms with Crippen molar-refractivity contribution in [3.8, 4) is 0 Å². The summed E-state index contributed by atoms with van der Waals surface area (Å²) in [5.41, 5.74) is -0.485. The first-order valence-electron chi connectivity index (χ1n) is 8.11. The molecule has 1 fully saturated rings. The van der Waals surface area contributed by atoms with Crippen LogP contribution in [0.4, 0.5) is 13.2 Å². The second kappa shape index (κ2) is 7.01. The SMILES string of the molecule is Cc1occc1C(=O)N1CCN(S(=O)(=O)c2ccc(C(F)(F)F)cc2)CC1. The van der Waals surface area contributed by atoms with Gasteiger partial charge in [0, 0.05) is 26.2 Å². The summed E-state index contributed by atoms with van der Waals surface area (Å²) in [5, 5.41) is 0. The summed E-state index contributed by atoms with van der Waals surface area (Å²) in [5.74, 6) is 0.243. The van der Waals surface area contributed by atoms with Crippen LogP contribution in [-0.2, 0) is 16.2 Å². The van der Waals surface area contributed by atoms with E-state index in [1.54, 1.807) is 13.0 Å². The maximum absolute atomic E-state index is 12.6. The summed E-state index contributed by atoms with van der Waals surface area (Å²) in [6.07, 6.45) is -3.12. The largest absolute Gasteiger partial charge is 0.469 e. The van der Waals surface area contributed by atoms with Crippen molar-refractivity contribution in [2.75, 3.05) is 26.2 Å². The Bertz CT molecular complexity index is 928.